The molecule has 0 aromatic heterocycles. The molecule has 2 heteroatoms. The van der Waals surface area contributed by atoms with Crippen molar-refractivity contribution in [2.45, 2.75) is 71.1 Å². The summed E-state index contributed by atoms with van der Waals surface area (Å²) in [5, 5.41) is 8.43. The summed E-state index contributed by atoms with van der Waals surface area (Å²) in [4.78, 5) is 10.2. The maximum absolute atomic E-state index is 10.2. The van der Waals surface area contributed by atoms with Gasteiger partial charge in [0.25, 0.3) is 0 Å². The average Bonchev–Trinajstić information content (AvgIpc) is 2.34. The number of hydrogen-bond donors (Lipinski definition) is 1. The summed E-state index contributed by atoms with van der Waals surface area (Å²) >= 11 is 0. The van der Waals surface area contributed by atoms with Crippen LogP contribution >= 0.6 is 0 Å². The van der Waals surface area contributed by atoms with Crippen LogP contribution in [-0.4, -0.2) is 11.1 Å². The quantitative estimate of drug-likeness (QED) is 0.387. The Labute approximate surface area is 112 Å². The third kappa shape index (κ3) is 14.9. The van der Waals surface area contributed by atoms with E-state index in [1.165, 1.54) is 51.4 Å². The second-order valence-electron chi connectivity index (χ2n) is 4.67. The highest BCUT2D eigenvalue weighted by Gasteiger charge is 1.89. The lowest BCUT2D eigenvalue weighted by molar-refractivity contribution is -0.136. The van der Waals surface area contributed by atoms with Gasteiger partial charge in [0.2, 0.25) is 0 Å². The molecule has 0 saturated heterocycles. The number of carboxylic acid groups (broad SMARTS) is 1. The Kier molecular flexibility index (Phi) is 13.2. The van der Waals surface area contributed by atoms with Crippen LogP contribution in [0.4, 0.5) is 0 Å². The number of carbonyl (C=O) groups is 1. The highest BCUT2D eigenvalue weighted by atomic mass is 16.4. The molecule has 0 saturated carbocycles. The van der Waals surface area contributed by atoms with E-state index in [9.17, 15) is 4.79 Å². The van der Waals surface area contributed by atoms with Crippen molar-refractivity contribution in [3.63, 3.8) is 0 Å². The molecule has 0 aliphatic heterocycles. The predicted octanol–water partition coefficient (Wildman–Crippen LogP) is 5.10. The smallest absolute Gasteiger partial charge is 0.307 e. The van der Waals surface area contributed by atoms with Gasteiger partial charge in [-0.2, -0.15) is 0 Å². The molecule has 18 heavy (non-hydrogen) atoms. The summed E-state index contributed by atoms with van der Waals surface area (Å²) in [5.74, 6) is -0.750. The maximum Gasteiger partial charge on any atom is 0.307 e. The molecule has 0 atom stereocenters. The van der Waals surface area contributed by atoms with Gasteiger partial charge in [-0.15, -0.1) is 0 Å². The number of rotatable bonds is 12. The highest BCUT2D eigenvalue weighted by Crippen LogP contribution is 2.06. The van der Waals surface area contributed by atoms with Crippen molar-refractivity contribution in [1.29, 1.82) is 0 Å². The van der Waals surface area contributed by atoms with Crippen molar-refractivity contribution in [1.82, 2.24) is 0 Å². The number of carboxylic acids is 1. The first-order chi connectivity index (χ1) is 8.77. The molecule has 0 heterocycles. The molecule has 0 aliphatic carbocycles. The number of unbranched alkanes of at least 4 members (excludes halogenated alkanes) is 7. The molecule has 1 N–H and O–H groups in total. The summed E-state index contributed by atoms with van der Waals surface area (Å²) in [6.45, 7) is 2.23. The Hall–Kier alpha value is -1.05. The molecule has 0 aromatic rings. The Balaban J connectivity index is 3.15. The normalized spacial score (nSPS) is 11.6. The zero-order valence-electron chi connectivity index (χ0n) is 11.7. The third-order valence-electron chi connectivity index (χ3n) is 2.84. The summed E-state index contributed by atoms with van der Waals surface area (Å²) in [5.41, 5.74) is 0. The molecule has 104 valence electrons. The summed E-state index contributed by atoms with van der Waals surface area (Å²) < 4.78 is 0. The molecular weight excluding hydrogens is 224 g/mol. The second-order valence-corrected chi connectivity index (χ2v) is 4.67. The molecule has 0 fully saturated rings. The van der Waals surface area contributed by atoms with Gasteiger partial charge in [-0.1, -0.05) is 50.5 Å². The van der Waals surface area contributed by atoms with E-state index in [0.717, 1.165) is 6.42 Å². The van der Waals surface area contributed by atoms with E-state index < -0.39 is 5.97 Å². The Morgan fingerprint density at radius 1 is 0.833 bits per heavy atom. The standard InChI is InChI=1S/C16H28O2/c1-2-3-4-5-6-7-8-9-10-11-12-13-14-15-16(17)18/h6-7,13-14H,2-5,8-12,15H2,1H3,(H,17,18)/b7-6-,14-13-. The van der Waals surface area contributed by atoms with Crippen LogP contribution < -0.4 is 0 Å². The monoisotopic (exact) mass is 252 g/mol. The maximum atomic E-state index is 10.2. The van der Waals surface area contributed by atoms with Crippen molar-refractivity contribution in [3.05, 3.63) is 24.3 Å². The number of aliphatic carboxylic acids is 1. The van der Waals surface area contributed by atoms with Gasteiger partial charge in [-0.05, 0) is 38.5 Å². The molecule has 0 aliphatic rings. The van der Waals surface area contributed by atoms with Crippen LogP contribution in [-0.2, 0) is 4.79 Å². The highest BCUT2D eigenvalue weighted by molar-refractivity contribution is 5.68. The van der Waals surface area contributed by atoms with E-state index in [2.05, 4.69) is 19.1 Å². The van der Waals surface area contributed by atoms with Crippen molar-refractivity contribution in [3.8, 4) is 0 Å². The van der Waals surface area contributed by atoms with E-state index >= 15 is 0 Å². The van der Waals surface area contributed by atoms with Crippen molar-refractivity contribution >= 4 is 5.97 Å². The molecule has 0 amide bonds. The molecule has 0 spiro atoms. The van der Waals surface area contributed by atoms with Crippen LogP contribution in [0.3, 0.4) is 0 Å². The first kappa shape index (κ1) is 16.9. The zero-order valence-corrected chi connectivity index (χ0v) is 11.7. The summed E-state index contributed by atoms with van der Waals surface area (Å²) in [6, 6.07) is 0. The fourth-order valence-corrected chi connectivity index (χ4v) is 1.75. The van der Waals surface area contributed by atoms with Crippen LogP contribution in [0.25, 0.3) is 0 Å². The first-order valence-corrected chi connectivity index (χ1v) is 7.29. The molecule has 2 nitrogen and oxygen atoms in total. The lowest BCUT2D eigenvalue weighted by Crippen LogP contribution is -1.89. The van der Waals surface area contributed by atoms with Gasteiger partial charge in [0.1, 0.15) is 0 Å². The van der Waals surface area contributed by atoms with E-state index in [-0.39, 0.29) is 6.42 Å². The molecule has 0 radical (unpaired) electrons. The Morgan fingerprint density at radius 2 is 1.33 bits per heavy atom. The van der Waals surface area contributed by atoms with Crippen molar-refractivity contribution in [2.24, 2.45) is 0 Å². The number of allylic oxidation sites excluding steroid dienone is 3. The summed E-state index contributed by atoms with van der Waals surface area (Å²) in [6.07, 6.45) is 19.5. The van der Waals surface area contributed by atoms with Gasteiger partial charge in [-0.3, -0.25) is 4.79 Å². The largest absolute Gasteiger partial charge is 0.481 e. The van der Waals surface area contributed by atoms with Crippen LogP contribution in [0, 0.1) is 0 Å². The third-order valence-corrected chi connectivity index (χ3v) is 2.84. The van der Waals surface area contributed by atoms with Crippen LogP contribution in [0.15, 0.2) is 24.3 Å². The van der Waals surface area contributed by atoms with Gasteiger partial charge >= 0.3 is 5.97 Å². The Bertz CT molecular complexity index is 241. The fourth-order valence-electron chi connectivity index (χ4n) is 1.75. The van der Waals surface area contributed by atoms with Gasteiger partial charge in [0.15, 0.2) is 0 Å². The molecule has 0 rings (SSSR count). The minimum Gasteiger partial charge on any atom is -0.481 e. The second kappa shape index (κ2) is 14.0. The zero-order chi connectivity index (χ0) is 13.5. The SMILES string of the molecule is CCCCC/C=C\CCCCC/C=C\CC(=O)O. The molecular formula is C16H28O2. The predicted molar refractivity (Wildman–Crippen MR) is 77.8 cm³/mol. The van der Waals surface area contributed by atoms with Gasteiger partial charge in [0, 0.05) is 0 Å². The topological polar surface area (TPSA) is 37.3 Å². The van der Waals surface area contributed by atoms with Crippen molar-refractivity contribution in [2.75, 3.05) is 0 Å². The summed E-state index contributed by atoms with van der Waals surface area (Å²) in [7, 11) is 0. The van der Waals surface area contributed by atoms with Crippen LogP contribution in [0.1, 0.15) is 71.1 Å². The number of hydrogen-bond acceptors (Lipinski definition) is 1. The minimum absolute atomic E-state index is 0.153. The molecule has 0 unspecified atom stereocenters. The van der Waals surface area contributed by atoms with E-state index in [4.69, 9.17) is 5.11 Å². The van der Waals surface area contributed by atoms with Gasteiger partial charge in [-0.25, -0.2) is 0 Å². The van der Waals surface area contributed by atoms with Crippen molar-refractivity contribution < 1.29 is 9.90 Å². The van der Waals surface area contributed by atoms with Gasteiger partial charge < -0.3 is 5.11 Å². The fraction of sp³-hybridized carbons (Fsp3) is 0.688. The van der Waals surface area contributed by atoms with E-state index in [1.54, 1.807) is 6.08 Å². The van der Waals surface area contributed by atoms with Crippen LogP contribution in [0.2, 0.25) is 0 Å². The average molecular weight is 252 g/mol. The lowest BCUT2D eigenvalue weighted by atomic mass is 10.1. The Morgan fingerprint density at radius 3 is 1.83 bits per heavy atom. The first-order valence-electron chi connectivity index (χ1n) is 7.29. The lowest BCUT2D eigenvalue weighted by Gasteiger charge is -1.96. The minimum atomic E-state index is -0.750. The molecule has 0 aromatic carbocycles. The molecule has 0 bridgehead atoms. The van der Waals surface area contributed by atoms with Crippen LogP contribution in [0.5, 0.6) is 0 Å². The van der Waals surface area contributed by atoms with E-state index in [1.807, 2.05) is 6.08 Å². The van der Waals surface area contributed by atoms with E-state index in [0.29, 0.717) is 0 Å². The van der Waals surface area contributed by atoms with Gasteiger partial charge in [0.05, 0.1) is 6.42 Å².